The third-order valence-electron chi connectivity index (χ3n) is 3.94. The molecule has 0 saturated heterocycles. The van der Waals surface area contributed by atoms with Crippen molar-refractivity contribution in [1.29, 1.82) is 0 Å². The SMILES string of the molecule is O=C(Nc1oc2ccc(Cl)cc2c(=O)c1-c1cccc(Cl)c1)c1ccco1. The highest BCUT2D eigenvalue weighted by Gasteiger charge is 2.20. The molecule has 0 spiro atoms. The number of carbonyl (C=O) groups excluding carboxylic acids is 1. The second-order valence-electron chi connectivity index (χ2n) is 5.72. The Morgan fingerprint density at radius 2 is 1.78 bits per heavy atom. The van der Waals surface area contributed by atoms with E-state index in [4.69, 9.17) is 32.0 Å². The van der Waals surface area contributed by atoms with Crippen molar-refractivity contribution in [3.63, 3.8) is 0 Å². The van der Waals surface area contributed by atoms with Crippen molar-refractivity contribution in [1.82, 2.24) is 0 Å². The molecule has 4 aromatic rings. The third-order valence-corrected chi connectivity index (χ3v) is 4.41. The molecule has 0 aliphatic heterocycles. The Hall–Kier alpha value is -3.02. The van der Waals surface area contributed by atoms with E-state index in [2.05, 4.69) is 5.32 Å². The minimum atomic E-state index is -0.542. The fourth-order valence-corrected chi connectivity index (χ4v) is 3.10. The summed E-state index contributed by atoms with van der Waals surface area (Å²) in [6, 6.07) is 14.5. The van der Waals surface area contributed by atoms with Crippen LogP contribution in [0.5, 0.6) is 0 Å². The van der Waals surface area contributed by atoms with Gasteiger partial charge in [0, 0.05) is 10.0 Å². The number of nitrogens with one attached hydrogen (secondary N) is 1. The number of hydrogen-bond donors (Lipinski definition) is 1. The van der Waals surface area contributed by atoms with E-state index < -0.39 is 5.91 Å². The molecule has 0 radical (unpaired) electrons. The van der Waals surface area contributed by atoms with Gasteiger partial charge in [0.15, 0.2) is 5.76 Å². The fourth-order valence-electron chi connectivity index (χ4n) is 2.73. The quantitative estimate of drug-likeness (QED) is 0.485. The topological polar surface area (TPSA) is 72.5 Å². The van der Waals surface area contributed by atoms with Crippen molar-refractivity contribution >= 4 is 46.0 Å². The zero-order chi connectivity index (χ0) is 19.0. The normalized spacial score (nSPS) is 10.9. The zero-order valence-corrected chi connectivity index (χ0v) is 15.2. The fraction of sp³-hybridized carbons (Fsp3) is 0. The number of fused-ring (bicyclic) bond motifs is 1. The van der Waals surface area contributed by atoms with Gasteiger partial charge >= 0.3 is 0 Å². The molecule has 134 valence electrons. The molecule has 0 aliphatic carbocycles. The highest BCUT2D eigenvalue weighted by molar-refractivity contribution is 6.31. The molecule has 2 aromatic heterocycles. The molecule has 4 rings (SSSR count). The highest BCUT2D eigenvalue weighted by atomic mass is 35.5. The lowest BCUT2D eigenvalue weighted by atomic mass is 10.0. The Labute approximate surface area is 163 Å². The Morgan fingerprint density at radius 1 is 0.963 bits per heavy atom. The van der Waals surface area contributed by atoms with Gasteiger partial charge < -0.3 is 8.83 Å². The van der Waals surface area contributed by atoms with Crippen molar-refractivity contribution in [3.05, 3.63) is 86.9 Å². The minimum absolute atomic E-state index is 0.00140. The van der Waals surface area contributed by atoms with E-state index >= 15 is 0 Å². The van der Waals surface area contributed by atoms with E-state index in [1.807, 2.05) is 0 Å². The van der Waals surface area contributed by atoms with Crippen LogP contribution in [0.25, 0.3) is 22.1 Å². The molecule has 1 amide bonds. The summed E-state index contributed by atoms with van der Waals surface area (Å²) >= 11 is 12.1. The number of hydrogen-bond acceptors (Lipinski definition) is 4. The van der Waals surface area contributed by atoms with Crippen LogP contribution in [0.1, 0.15) is 10.6 Å². The predicted molar refractivity (Wildman–Crippen MR) is 105 cm³/mol. The Morgan fingerprint density at radius 3 is 2.52 bits per heavy atom. The van der Waals surface area contributed by atoms with Crippen LogP contribution in [0.4, 0.5) is 5.88 Å². The summed E-state index contributed by atoms with van der Waals surface area (Å²) in [4.78, 5) is 25.6. The van der Waals surface area contributed by atoms with Gasteiger partial charge in [-0.15, -0.1) is 0 Å². The lowest BCUT2D eigenvalue weighted by Gasteiger charge is -2.11. The molecule has 0 bridgehead atoms. The van der Waals surface area contributed by atoms with Gasteiger partial charge in [0.05, 0.1) is 17.2 Å². The molecule has 2 aromatic carbocycles. The second-order valence-corrected chi connectivity index (χ2v) is 6.59. The van der Waals surface area contributed by atoms with Crippen molar-refractivity contribution in [3.8, 4) is 11.1 Å². The van der Waals surface area contributed by atoms with E-state index in [0.29, 0.717) is 26.6 Å². The van der Waals surface area contributed by atoms with Crippen molar-refractivity contribution < 1.29 is 13.6 Å². The van der Waals surface area contributed by atoms with Gasteiger partial charge in [-0.25, -0.2) is 0 Å². The average molecular weight is 400 g/mol. The number of anilines is 1. The first-order valence-corrected chi connectivity index (χ1v) is 8.65. The maximum absolute atomic E-state index is 13.1. The maximum Gasteiger partial charge on any atom is 0.293 e. The number of halogens is 2. The number of carbonyl (C=O) groups is 1. The largest absolute Gasteiger partial charge is 0.459 e. The van der Waals surface area contributed by atoms with Gasteiger partial charge in [0.2, 0.25) is 11.3 Å². The Kier molecular flexibility index (Phi) is 4.48. The van der Waals surface area contributed by atoms with Gasteiger partial charge in [0.25, 0.3) is 5.91 Å². The van der Waals surface area contributed by atoms with Crippen LogP contribution < -0.4 is 10.7 Å². The molecular formula is C20H11Cl2NO4. The van der Waals surface area contributed by atoms with E-state index in [-0.39, 0.29) is 22.6 Å². The lowest BCUT2D eigenvalue weighted by molar-refractivity contribution is 0.0994. The van der Waals surface area contributed by atoms with E-state index in [0.717, 1.165) is 0 Å². The zero-order valence-electron chi connectivity index (χ0n) is 13.7. The third kappa shape index (κ3) is 3.35. The summed E-state index contributed by atoms with van der Waals surface area (Å²) in [6.07, 6.45) is 1.38. The molecule has 0 fully saturated rings. The number of rotatable bonds is 3. The van der Waals surface area contributed by atoms with Gasteiger partial charge in [-0.2, -0.15) is 0 Å². The summed E-state index contributed by atoms with van der Waals surface area (Å²) in [7, 11) is 0. The summed E-state index contributed by atoms with van der Waals surface area (Å²) in [6.45, 7) is 0. The Bertz CT molecular complexity index is 1210. The van der Waals surface area contributed by atoms with E-state index in [1.54, 1.807) is 42.5 Å². The van der Waals surface area contributed by atoms with Gasteiger partial charge in [-0.05, 0) is 48.0 Å². The van der Waals surface area contributed by atoms with Crippen LogP contribution in [0.15, 0.2) is 74.5 Å². The minimum Gasteiger partial charge on any atom is -0.459 e. The first-order chi connectivity index (χ1) is 13.0. The molecule has 27 heavy (non-hydrogen) atoms. The molecule has 5 nitrogen and oxygen atoms in total. The number of benzene rings is 2. The monoisotopic (exact) mass is 399 g/mol. The first-order valence-electron chi connectivity index (χ1n) is 7.90. The van der Waals surface area contributed by atoms with Crippen molar-refractivity contribution in [2.75, 3.05) is 5.32 Å². The molecule has 0 saturated carbocycles. The highest BCUT2D eigenvalue weighted by Crippen LogP contribution is 2.31. The van der Waals surface area contributed by atoms with Gasteiger partial charge in [0.1, 0.15) is 5.58 Å². The lowest BCUT2D eigenvalue weighted by Crippen LogP contribution is -2.16. The average Bonchev–Trinajstić information content (AvgIpc) is 3.17. The van der Waals surface area contributed by atoms with Crippen LogP contribution in [0.2, 0.25) is 10.0 Å². The van der Waals surface area contributed by atoms with E-state index in [1.165, 1.54) is 18.4 Å². The summed E-state index contributed by atoms with van der Waals surface area (Å²) < 4.78 is 10.9. The predicted octanol–water partition coefficient (Wildman–Crippen LogP) is 5.61. The van der Waals surface area contributed by atoms with Crippen molar-refractivity contribution in [2.24, 2.45) is 0 Å². The van der Waals surface area contributed by atoms with Crippen LogP contribution >= 0.6 is 23.2 Å². The maximum atomic E-state index is 13.1. The van der Waals surface area contributed by atoms with Gasteiger partial charge in [-0.3, -0.25) is 14.9 Å². The van der Waals surface area contributed by atoms with Gasteiger partial charge in [-0.1, -0.05) is 35.3 Å². The number of amides is 1. The summed E-state index contributed by atoms with van der Waals surface area (Å²) in [5, 5.41) is 3.75. The smallest absolute Gasteiger partial charge is 0.293 e. The van der Waals surface area contributed by atoms with E-state index in [9.17, 15) is 9.59 Å². The molecule has 0 atom stereocenters. The van der Waals surface area contributed by atoms with Crippen LogP contribution in [-0.2, 0) is 0 Å². The Balaban J connectivity index is 1.95. The van der Waals surface area contributed by atoms with Crippen LogP contribution in [-0.4, -0.2) is 5.91 Å². The summed E-state index contributed by atoms with van der Waals surface area (Å²) in [5.41, 5.74) is 0.640. The molecule has 2 heterocycles. The van der Waals surface area contributed by atoms with Crippen LogP contribution in [0.3, 0.4) is 0 Å². The first kappa shape index (κ1) is 17.4. The van der Waals surface area contributed by atoms with Crippen LogP contribution in [0, 0.1) is 0 Å². The molecule has 7 heteroatoms. The second kappa shape index (κ2) is 6.95. The molecular weight excluding hydrogens is 389 g/mol. The van der Waals surface area contributed by atoms with Crippen molar-refractivity contribution in [2.45, 2.75) is 0 Å². The number of furan rings is 1. The summed E-state index contributed by atoms with van der Waals surface area (Å²) in [5.74, 6) is -0.455. The molecule has 0 unspecified atom stereocenters. The molecule has 1 N–H and O–H groups in total. The standard InChI is InChI=1S/C20H11Cl2NO4/c21-12-4-1-3-11(9-12)17-18(24)14-10-13(22)6-7-15(14)27-20(17)23-19(25)16-5-2-8-26-16/h1-10H,(H,23,25). The molecule has 0 aliphatic rings.